The Morgan fingerprint density at radius 3 is 2.96 bits per heavy atom. The van der Waals surface area contributed by atoms with E-state index in [0.29, 0.717) is 29.5 Å². The second-order valence-corrected chi connectivity index (χ2v) is 7.39. The Balaban J connectivity index is 1.57. The Morgan fingerprint density at radius 1 is 1.26 bits per heavy atom. The number of nitrogens with one attached hydrogen (secondary N) is 1. The van der Waals surface area contributed by atoms with Gasteiger partial charge in [0, 0.05) is 32.2 Å². The van der Waals surface area contributed by atoms with Crippen molar-refractivity contribution < 1.29 is 9.47 Å². The first-order valence-electron chi connectivity index (χ1n) is 9.29. The van der Waals surface area contributed by atoms with Gasteiger partial charge in [-0.3, -0.25) is 4.68 Å². The van der Waals surface area contributed by atoms with Gasteiger partial charge in [-0.25, -0.2) is 4.98 Å². The van der Waals surface area contributed by atoms with Crippen LogP contribution in [0.2, 0.25) is 5.02 Å². The normalized spacial score (nSPS) is 18.0. The summed E-state index contributed by atoms with van der Waals surface area (Å²) in [6.07, 6.45) is 6.41. The first-order chi connectivity index (χ1) is 13.2. The van der Waals surface area contributed by atoms with Gasteiger partial charge in [0.2, 0.25) is 5.95 Å². The van der Waals surface area contributed by atoms with Gasteiger partial charge in [-0.05, 0) is 26.2 Å². The minimum absolute atomic E-state index is 0.323. The molecule has 0 aromatic carbocycles. The van der Waals surface area contributed by atoms with Crippen LogP contribution in [-0.4, -0.2) is 44.1 Å². The third-order valence-electron chi connectivity index (χ3n) is 5.24. The van der Waals surface area contributed by atoms with E-state index in [0.717, 1.165) is 61.4 Å². The van der Waals surface area contributed by atoms with Gasteiger partial charge < -0.3 is 19.4 Å². The van der Waals surface area contributed by atoms with E-state index in [1.807, 2.05) is 10.8 Å². The maximum absolute atomic E-state index is 6.32. The van der Waals surface area contributed by atoms with Crippen molar-refractivity contribution in [3.05, 3.63) is 23.1 Å². The predicted octanol–water partition coefficient (Wildman–Crippen LogP) is 3.47. The Morgan fingerprint density at radius 2 is 2.11 bits per heavy atom. The molecule has 0 amide bonds. The van der Waals surface area contributed by atoms with Crippen molar-refractivity contribution in [1.82, 2.24) is 24.3 Å². The molecule has 2 bridgehead atoms. The molecule has 1 saturated heterocycles. The summed E-state index contributed by atoms with van der Waals surface area (Å²) in [5.74, 6) is 1.12. The molecule has 2 aliphatic rings. The van der Waals surface area contributed by atoms with Crippen molar-refractivity contribution >= 4 is 34.3 Å². The Labute approximate surface area is 161 Å². The minimum Gasteiger partial charge on any atom is -0.475 e. The van der Waals surface area contributed by atoms with E-state index in [-0.39, 0.29) is 0 Å². The van der Waals surface area contributed by atoms with Crippen molar-refractivity contribution in [2.45, 2.75) is 38.8 Å². The molecule has 1 N–H and O–H groups in total. The summed E-state index contributed by atoms with van der Waals surface area (Å²) in [6, 6.07) is 0.323. The molecule has 5 heterocycles. The highest BCUT2D eigenvalue weighted by atomic mass is 35.5. The van der Waals surface area contributed by atoms with Crippen LogP contribution >= 0.6 is 11.6 Å². The van der Waals surface area contributed by atoms with Crippen molar-refractivity contribution in [3.8, 4) is 5.88 Å². The topological polar surface area (TPSA) is 79.0 Å². The molecular formula is C18H21ClN6O2. The number of aromatic nitrogens is 5. The summed E-state index contributed by atoms with van der Waals surface area (Å²) in [4.78, 5) is 9.12. The third kappa shape index (κ3) is 2.93. The number of hydrogen-bond acceptors (Lipinski definition) is 6. The highest BCUT2D eigenvalue weighted by Gasteiger charge is 2.25. The Kier molecular flexibility index (Phi) is 4.17. The van der Waals surface area contributed by atoms with E-state index in [1.54, 1.807) is 6.20 Å². The first kappa shape index (κ1) is 16.8. The van der Waals surface area contributed by atoms with Gasteiger partial charge in [-0.2, -0.15) is 4.98 Å². The Hall–Kier alpha value is -2.32. The molecule has 0 saturated carbocycles. The highest BCUT2D eigenvalue weighted by Crippen LogP contribution is 2.35. The average molecular weight is 389 g/mol. The molecule has 1 fully saturated rings. The number of ether oxygens (including phenoxy) is 2. The zero-order chi connectivity index (χ0) is 18.4. The van der Waals surface area contributed by atoms with E-state index in [2.05, 4.69) is 26.9 Å². The molecule has 0 radical (unpaired) electrons. The smallest absolute Gasteiger partial charge is 0.257 e. The van der Waals surface area contributed by atoms with Crippen molar-refractivity contribution in [1.29, 1.82) is 0 Å². The molecule has 2 aliphatic heterocycles. The van der Waals surface area contributed by atoms with Crippen LogP contribution in [0.25, 0.3) is 11.0 Å². The highest BCUT2D eigenvalue weighted by molar-refractivity contribution is 6.35. The van der Waals surface area contributed by atoms with Gasteiger partial charge in [-0.15, -0.1) is 5.10 Å². The number of rotatable bonds is 1. The standard InChI is InChI=1S/C18H21ClN6O2/c1-11-15-17(23-25(11)12-3-7-26-8-4-12)27-6-2-5-24-10-14(19)13-9-20-18(21-15)22-16(13)24/h9-10,12H,2-8H2,1H3,(H,20,21,22). The lowest BCUT2D eigenvalue weighted by molar-refractivity contribution is 0.0652. The van der Waals surface area contributed by atoms with Gasteiger partial charge in [0.1, 0.15) is 11.3 Å². The van der Waals surface area contributed by atoms with E-state index in [9.17, 15) is 0 Å². The molecule has 9 heteroatoms. The number of hydrogen-bond donors (Lipinski definition) is 1. The van der Waals surface area contributed by atoms with E-state index < -0.39 is 0 Å². The van der Waals surface area contributed by atoms with Crippen LogP contribution in [0.5, 0.6) is 5.88 Å². The molecule has 0 aliphatic carbocycles. The Bertz CT molecular complexity index is 992. The van der Waals surface area contributed by atoms with Gasteiger partial charge >= 0.3 is 0 Å². The molecule has 0 atom stereocenters. The third-order valence-corrected chi connectivity index (χ3v) is 5.54. The summed E-state index contributed by atoms with van der Waals surface area (Å²) in [5.41, 5.74) is 2.68. The van der Waals surface area contributed by atoms with E-state index in [4.69, 9.17) is 26.2 Å². The SMILES string of the molecule is Cc1c2c(nn1C1CCOCC1)OCCCn1cc(Cl)c3cnc(nc31)N2. The maximum atomic E-state index is 6.32. The number of aryl methyl sites for hydroxylation is 1. The van der Waals surface area contributed by atoms with Gasteiger partial charge in [-0.1, -0.05) is 11.6 Å². The van der Waals surface area contributed by atoms with Crippen LogP contribution in [0.15, 0.2) is 12.4 Å². The fraction of sp³-hybridized carbons (Fsp3) is 0.500. The zero-order valence-electron chi connectivity index (χ0n) is 15.1. The van der Waals surface area contributed by atoms with Crippen LogP contribution in [0.4, 0.5) is 11.6 Å². The predicted molar refractivity (Wildman–Crippen MR) is 102 cm³/mol. The fourth-order valence-corrected chi connectivity index (χ4v) is 4.05. The number of anilines is 2. The van der Waals surface area contributed by atoms with Crippen molar-refractivity contribution in [3.63, 3.8) is 0 Å². The van der Waals surface area contributed by atoms with Crippen molar-refractivity contribution in [2.75, 3.05) is 25.1 Å². The molecule has 27 heavy (non-hydrogen) atoms. The van der Waals surface area contributed by atoms with Crippen LogP contribution in [0.1, 0.15) is 31.0 Å². The lowest BCUT2D eigenvalue weighted by Gasteiger charge is -2.23. The molecule has 142 valence electrons. The molecule has 8 nitrogen and oxygen atoms in total. The number of nitrogens with zero attached hydrogens (tertiary/aromatic N) is 5. The van der Waals surface area contributed by atoms with Crippen LogP contribution in [-0.2, 0) is 11.3 Å². The molecule has 3 aromatic rings. The maximum Gasteiger partial charge on any atom is 0.257 e. The van der Waals surface area contributed by atoms with E-state index >= 15 is 0 Å². The fourth-order valence-electron chi connectivity index (χ4n) is 3.80. The molecule has 5 rings (SSSR count). The largest absolute Gasteiger partial charge is 0.475 e. The molecular weight excluding hydrogens is 368 g/mol. The number of fused-ring (bicyclic) bond motifs is 2. The molecule has 0 spiro atoms. The number of halogens is 1. The lowest BCUT2D eigenvalue weighted by atomic mass is 10.1. The monoisotopic (exact) mass is 388 g/mol. The molecule has 3 aromatic heterocycles. The second kappa shape index (κ2) is 6.69. The summed E-state index contributed by atoms with van der Waals surface area (Å²) < 4.78 is 15.6. The quantitative estimate of drug-likeness (QED) is 0.687. The van der Waals surface area contributed by atoms with Crippen LogP contribution in [0.3, 0.4) is 0 Å². The summed E-state index contributed by atoms with van der Waals surface area (Å²) in [6.45, 7) is 4.92. The van der Waals surface area contributed by atoms with Gasteiger partial charge in [0.15, 0.2) is 0 Å². The summed E-state index contributed by atoms with van der Waals surface area (Å²) in [7, 11) is 0. The summed E-state index contributed by atoms with van der Waals surface area (Å²) >= 11 is 6.32. The lowest BCUT2D eigenvalue weighted by Crippen LogP contribution is -2.21. The zero-order valence-corrected chi connectivity index (χ0v) is 15.9. The minimum atomic E-state index is 0.323. The van der Waals surface area contributed by atoms with Crippen LogP contribution < -0.4 is 10.1 Å². The van der Waals surface area contributed by atoms with Gasteiger partial charge in [0.25, 0.3) is 5.88 Å². The van der Waals surface area contributed by atoms with E-state index in [1.165, 1.54) is 0 Å². The summed E-state index contributed by atoms with van der Waals surface area (Å²) in [5, 5.41) is 9.60. The van der Waals surface area contributed by atoms with Crippen molar-refractivity contribution in [2.24, 2.45) is 0 Å². The van der Waals surface area contributed by atoms with Crippen LogP contribution in [0, 0.1) is 6.92 Å². The average Bonchev–Trinajstić information content (AvgIpc) is 3.16. The van der Waals surface area contributed by atoms with Gasteiger partial charge in [0.05, 0.1) is 28.8 Å². The first-order valence-corrected chi connectivity index (χ1v) is 9.66. The molecule has 0 unspecified atom stereocenters. The second-order valence-electron chi connectivity index (χ2n) is 6.98.